The third-order valence-electron chi connectivity index (χ3n) is 19.0. The van der Waals surface area contributed by atoms with Gasteiger partial charge in [0.25, 0.3) is 0 Å². The van der Waals surface area contributed by atoms with Crippen LogP contribution in [0.2, 0.25) is 0 Å². The summed E-state index contributed by atoms with van der Waals surface area (Å²) in [6.45, 7) is 2.84. The van der Waals surface area contributed by atoms with Gasteiger partial charge in [-0.1, -0.05) is 326 Å². The molecular formula is C77H145NO13. The van der Waals surface area contributed by atoms with Crippen LogP contribution in [0.4, 0.5) is 0 Å². The zero-order valence-electron chi connectivity index (χ0n) is 58.6. The molecule has 14 nitrogen and oxygen atoms in total. The first-order valence-corrected chi connectivity index (χ1v) is 38.7. The maximum atomic E-state index is 13.4. The number of nitrogens with one attached hydrogen (secondary N) is 1. The van der Waals surface area contributed by atoms with E-state index in [9.17, 15) is 45.6 Å². The number of carbonyl (C=O) groups is 1. The van der Waals surface area contributed by atoms with Gasteiger partial charge >= 0.3 is 0 Å². The number of amides is 1. The van der Waals surface area contributed by atoms with E-state index < -0.39 is 86.8 Å². The monoisotopic (exact) mass is 1290 g/mol. The number of aliphatic hydroxyl groups excluding tert-OH is 8. The predicted octanol–water partition coefficient (Wildman–Crippen LogP) is 16.9. The molecule has 2 aliphatic heterocycles. The van der Waals surface area contributed by atoms with Crippen LogP contribution < -0.4 is 5.32 Å². The molecule has 0 aromatic carbocycles. The summed E-state index contributed by atoms with van der Waals surface area (Å²) in [7, 11) is 0. The second kappa shape index (κ2) is 61.8. The standard InChI is InChI=1S/C77H145NO13/c1-3-5-7-9-11-13-15-17-19-21-23-25-27-29-30-31-32-33-34-35-36-37-39-41-43-45-47-49-51-53-55-57-59-61-69(82)78-65(64-88-76-74(87)72(85)75(68(63-80)90-76)91-77-73(86)71(84)70(83)67(62-79)89-77)66(81)60-58-56-54-52-50-48-46-44-42-40-38-28-26-24-22-20-18-16-14-12-10-8-6-4-2/h21,23,50,52,58,60,65-68,70-77,79-81,83-87H,3-20,22,24-49,51,53-57,59,61-64H2,1-2H3,(H,78,82)/b23-21-,52-50+,60-58+. The lowest BCUT2D eigenvalue weighted by atomic mass is 9.97. The third-order valence-corrected chi connectivity index (χ3v) is 19.0. The van der Waals surface area contributed by atoms with Gasteiger partial charge in [0.15, 0.2) is 12.6 Å². The highest BCUT2D eigenvalue weighted by Gasteiger charge is 2.51. The van der Waals surface area contributed by atoms with Gasteiger partial charge in [0.05, 0.1) is 32.0 Å². The van der Waals surface area contributed by atoms with Crippen molar-refractivity contribution < 1.29 is 64.6 Å². The van der Waals surface area contributed by atoms with E-state index >= 15 is 0 Å². The fourth-order valence-corrected chi connectivity index (χ4v) is 12.9. The van der Waals surface area contributed by atoms with Crippen LogP contribution in [0.5, 0.6) is 0 Å². The molecule has 0 radical (unpaired) electrons. The molecule has 9 N–H and O–H groups in total. The van der Waals surface area contributed by atoms with Crippen LogP contribution in [0.1, 0.15) is 354 Å². The molecule has 0 aromatic heterocycles. The fraction of sp³-hybridized carbons (Fsp3) is 0.909. The highest BCUT2D eigenvalue weighted by molar-refractivity contribution is 5.76. The summed E-state index contributed by atoms with van der Waals surface area (Å²) >= 11 is 0. The molecule has 0 saturated carbocycles. The minimum atomic E-state index is -1.79. The van der Waals surface area contributed by atoms with Gasteiger partial charge in [-0.05, 0) is 57.8 Å². The van der Waals surface area contributed by atoms with Crippen LogP contribution in [-0.2, 0) is 23.7 Å². The first kappa shape index (κ1) is 85.3. The maximum Gasteiger partial charge on any atom is 0.220 e. The van der Waals surface area contributed by atoms with Crippen molar-refractivity contribution in [3.05, 3.63) is 36.5 Å². The molecule has 2 aliphatic rings. The lowest BCUT2D eigenvalue weighted by molar-refractivity contribution is -0.359. The molecule has 2 heterocycles. The molecule has 12 atom stereocenters. The molecule has 0 aliphatic carbocycles. The van der Waals surface area contributed by atoms with Crippen LogP contribution in [-0.4, -0.2) is 140 Å². The molecular weight excluding hydrogens is 1150 g/mol. The highest BCUT2D eigenvalue weighted by Crippen LogP contribution is 2.30. The Morgan fingerprint density at radius 2 is 0.703 bits per heavy atom. The van der Waals surface area contributed by atoms with E-state index in [0.717, 1.165) is 32.1 Å². The second-order valence-electron chi connectivity index (χ2n) is 27.5. The first-order chi connectivity index (χ1) is 44.6. The van der Waals surface area contributed by atoms with Gasteiger partial charge in [0.1, 0.15) is 48.8 Å². The number of ether oxygens (including phenoxy) is 4. The van der Waals surface area contributed by atoms with Gasteiger partial charge < -0.3 is 65.1 Å². The number of hydrogen-bond acceptors (Lipinski definition) is 13. The van der Waals surface area contributed by atoms with Gasteiger partial charge in [-0.25, -0.2) is 0 Å². The van der Waals surface area contributed by atoms with Gasteiger partial charge in [-0.15, -0.1) is 0 Å². The molecule has 12 unspecified atom stereocenters. The Kier molecular flexibility index (Phi) is 57.9. The van der Waals surface area contributed by atoms with Crippen molar-refractivity contribution in [2.45, 2.75) is 428 Å². The number of aliphatic hydroxyl groups is 8. The minimum absolute atomic E-state index is 0.242. The zero-order chi connectivity index (χ0) is 65.9. The Morgan fingerprint density at radius 3 is 1.08 bits per heavy atom. The summed E-state index contributed by atoms with van der Waals surface area (Å²) in [5.74, 6) is -0.242. The smallest absolute Gasteiger partial charge is 0.220 e. The van der Waals surface area contributed by atoms with Crippen LogP contribution >= 0.6 is 0 Å². The molecule has 2 rings (SSSR count). The Bertz CT molecular complexity index is 1670. The largest absolute Gasteiger partial charge is 0.394 e. The summed E-state index contributed by atoms with van der Waals surface area (Å²) in [6, 6.07) is -0.931. The van der Waals surface area contributed by atoms with Crippen LogP contribution in [0.3, 0.4) is 0 Å². The Balaban J connectivity index is 1.63. The van der Waals surface area contributed by atoms with E-state index in [4.69, 9.17) is 18.9 Å². The second-order valence-corrected chi connectivity index (χ2v) is 27.5. The van der Waals surface area contributed by atoms with Crippen molar-refractivity contribution in [1.82, 2.24) is 5.32 Å². The fourth-order valence-electron chi connectivity index (χ4n) is 12.9. The molecule has 0 spiro atoms. The molecule has 0 bridgehead atoms. The van der Waals surface area contributed by atoms with Crippen LogP contribution in [0.15, 0.2) is 36.5 Å². The van der Waals surface area contributed by atoms with E-state index in [2.05, 4.69) is 43.5 Å². The highest BCUT2D eigenvalue weighted by atomic mass is 16.7. The van der Waals surface area contributed by atoms with Crippen molar-refractivity contribution in [2.75, 3.05) is 19.8 Å². The normalized spacial score (nSPS) is 22.9. The van der Waals surface area contributed by atoms with E-state index in [1.54, 1.807) is 6.08 Å². The van der Waals surface area contributed by atoms with Crippen LogP contribution in [0.25, 0.3) is 0 Å². The lowest BCUT2D eigenvalue weighted by Crippen LogP contribution is -2.65. The molecule has 536 valence electrons. The Hall–Kier alpha value is -1.79. The van der Waals surface area contributed by atoms with E-state index in [1.807, 2.05) is 6.08 Å². The molecule has 2 fully saturated rings. The van der Waals surface area contributed by atoms with E-state index in [-0.39, 0.29) is 18.9 Å². The van der Waals surface area contributed by atoms with Crippen molar-refractivity contribution >= 4 is 5.91 Å². The topological polar surface area (TPSA) is 228 Å². The first-order valence-electron chi connectivity index (χ1n) is 38.7. The average Bonchev–Trinajstić information content (AvgIpc) is 1.28. The number of carbonyl (C=O) groups excluding carboxylic acids is 1. The number of rotatable bonds is 65. The third kappa shape index (κ3) is 45.4. The molecule has 14 heteroatoms. The maximum absolute atomic E-state index is 13.4. The zero-order valence-corrected chi connectivity index (χ0v) is 58.6. The van der Waals surface area contributed by atoms with Crippen molar-refractivity contribution in [1.29, 1.82) is 0 Å². The Morgan fingerprint density at radius 1 is 0.385 bits per heavy atom. The van der Waals surface area contributed by atoms with Gasteiger partial charge in [0.2, 0.25) is 5.91 Å². The molecule has 0 aromatic rings. The van der Waals surface area contributed by atoms with E-state index in [0.29, 0.717) is 12.8 Å². The number of allylic oxidation sites excluding steroid dienone is 5. The quantitative estimate of drug-likeness (QED) is 0.0204. The molecule has 2 saturated heterocycles. The van der Waals surface area contributed by atoms with Gasteiger partial charge in [-0.3, -0.25) is 4.79 Å². The minimum Gasteiger partial charge on any atom is -0.394 e. The summed E-state index contributed by atoms with van der Waals surface area (Å²) in [4.78, 5) is 13.4. The molecule has 91 heavy (non-hydrogen) atoms. The number of unbranched alkanes of at least 4 members (excludes halogenated alkanes) is 48. The SMILES string of the molecule is CCCCCCCCCC/C=C\CCCCCCCCCCCCCCCCCCCCCCCC(=O)NC(COC1OC(CO)C(OC2OC(CO)C(O)C(O)C2O)C(O)C1O)C(O)/C=C/CC/C=C/CCCCCCCCCCCCCCCCCCCC. The van der Waals surface area contributed by atoms with Crippen molar-refractivity contribution in [2.24, 2.45) is 0 Å². The lowest BCUT2D eigenvalue weighted by Gasteiger charge is -2.46. The summed E-state index contributed by atoms with van der Waals surface area (Å²) in [5.41, 5.74) is 0. The van der Waals surface area contributed by atoms with Crippen LogP contribution in [0, 0.1) is 0 Å². The van der Waals surface area contributed by atoms with Gasteiger partial charge in [0, 0.05) is 6.42 Å². The predicted molar refractivity (Wildman–Crippen MR) is 374 cm³/mol. The summed E-state index contributed by atoms with van der Waals surface area (Å²) in [5, 5.41) is 87.6. The molecule has 1 amide bonds. The van der Waals surface area contributed by atoms with Crippen molar-refractivity contribution in [3.63, 3.8) is 0 Å². The average molecular weight is 1290 g/mol. The summed E-state index contributed by atoms with van der Waals surface area (Å²) < 4.78 is 22.9. The van der Waals surface area contributed by atoms with Gasteiger partial charge in [-0.2, -0.15) is 0 Å². The summed E-state index contributed by atoms with van der Waals surface area (Å²) in [6.07, 6.45) is 63.7. The van der Waals surface area contributed by atoms with E-state index in [1.165, 1.54) is 289 Å². The van der Waals surface area contributed by atoms with Crippen molar-refractivity contribution in [3.8, 4) is 0 Å². The number of hydrogen-bond donors (Lipinski definition) is 9. The Labute approximate surface area is 557 Å².